The Labute approximate surface area is 234 Å². The standard InChI is InChI=1S/C31H35ClN2O3S/c1-20(25-9-7-8-16-33-25)37-23-14-15-26-24(17-23)28(38-30(2,3)4)27(18-31(5,6)29(35)36)34(26)19-21-10-12-22(32)13-11-21/h7-17,20H,18-19H2,1-6H3,(H,35,36)/t20-/m1/s1. The summed E-state index contributed by atoms with van der Waals surface area (Å²) in [4.78, 5) is 17.7. The summed E-state index contributed by atoms with van der Waals surface area (Å²) in [5.41, 5.74) is 3.07. The molecule has 0 fully saturated rings. The molecular weight excluding hydrogens is 516 g/mol. The average molecular weight is 551 g/mol. The lowest BCUT2D eigenvalue weighted by Gasteiger charge is -2.24. The van der Waals surface area contributed by atoms with E-state index < -0.39 is 11.4 Å². The molecule has 2 aromatic heterocycles. The van der Waals surface area contributed by atoms with Crippen molar-refractivity contribution in [2.75, 3.05) is 0 Å². The van der Waals surface area contributed by atoms with Crippen molar-refractivity contribution >= 4 is 40.2 Å². The molecule has 1 atom stereocenters. The minimum Gasteiger partial charge on any atom is -0.484 e. The number of hydrogen-bond donors (Lipinski definition) is 1. The topological polar surface area (TPSA) is 64.3 Å². The number of carboxylic acids is 1. The van der Waals surface area contributed by atoms with Crippen LogP contribution in [0.4, 0.5) is 0 Å². The van der Waals surface area contributed by atoms with E-state index in [0.717, 1.165) is 38.5 Å². The van der Waals surface area contributed by atoms with Crippen LogP contribution < -0.4 is 4.74 Å². The van der Waals surface area contributed by atoms with Gasteiger partial charge in [-0.05, 0) is 68.8 Å². The zero-order valence-corrected chi connectivity index (χ0v) is 24.4. The van der Waals surface area contributed by atoms with Gasteiger partial charge in [-0.3, -0.25) is 9.78 Å². The van der Waals surface area contributed by atoms with Crippen molar-refractivity contribution in [1.29, 1.82) is 0 Å². The van der Waals surface area contributed by atoms with E-state index >= 15 is 0 Å². The summed E-state index contributed by atoms with van der Waals surface area (Å²) in [5, 5.41) is 11.7. The molecule has 0 saturated heterocycles. The van der Waals surface area contributed by atoms with Gasteiger partial charge in [-0.2, -0.15) is 0 Å². The molecule has 1 N–H and O–H groups in total. The molecule has 5 nitrogen and oxygen atoms in total. The molecule has 0 aliphatic rings. The Bertz CT molecular complexity index is 1420. The second-order valence-corrected chi connectivity index (χ2v) is 13.5. The van der Waals surface area contributed by atoms with Crippen LogP contribution in [0.5, 0.6) is 5.75 Å². The van der Waals surface area contributed by atoms with E-state index in [0.29, 0.717) is 18.0 Å². The molecule has 200 valence electrons. The van der Waals surface area contributed by atoms with Crippen molar-refractivity contribution in [3.05, 3.63) is 88.8 Å². The Morgan fingerprint density at radius 1 is 1.08 bits per heavy atom. The Hall–Kier alpha value is -2.96. The van der Waals surface area contributed by atoms with Gasteiger partial charge >= 0.3 is 5.97 Å². The Balaban J connectivity index is 1.88. The number of pyridine rings is 1. The predicted molar refractivity (Wildman–Crippen MR) is 157 cm³/mol. The first-order valence-electron chi connectivity index (χ1n) is 12.7. The molecule has 0 aliphatic carbocycles. The zero-order chi connectivity index (χ0) is 27.7. The second-order valence-electron chi connectivity index (χ2n) is 11.3. The van der Waals surface area contributed by atoms with Crippen LogP contribution in [0.1, 0.15) is 64.6 Å². The lowest BCUT2D eigenvalue weighted by Crippen LogP contribution is -2.28. The van der Waals surface area contributed by atoms with Gasteiger partial charge in [0.25, 0.3) is 0 Å². The number of hydrogen-bond acceptors (Lipinski definition) is 4. The smallest absolute Gasteiger partial charge is 0.309 e. The monoisotopic (exact) mass is 550 g/mol. The highest BCUT2D eigenvalue weighted by atomic mass is 35.5. The van der Waals surface area contributed by atoms with Gasteiger partial charge in [0.1, 0.15) is 11.9 Å². The van der Waals surface area contributed by atoms with Crippen LogP contribution in [-0.4, -0.2) is 25.4 Å². The minimum absolute atomic E-state index is 0.0837. The first kappa shape index (κ1) is 28.1. The summed E-state index contributed by atoms with van der Waals surface area (Å²) in [6.07, 6.45) is 1.95. The number of halogens is 1. The third-order valence-corrected chi connectivity index (χ3v) is 7.88. The maximum atomic E-state index is 12.2. The number of nitrogens with zero attached hydrogens (tertiary/aromatic N) is 2. The number of carboxylic acid groups (broad SMARTS) is 1. The number of ether oxygens (including phenoxy) is 1. The van der Waals surface area contributed by atoms with Gasteiger partial charge in [0, 0.05) is 50.4 Å². The summed E-state index contributed by atoms with van der Waals surface area (Å²) < 4.78 is 8.49. The first-order chi connectivity index (χ1) is 17.8. The zero-order valence-electron chi connectivity index (χ0n) is 22.8. The van der Waals surface area contributed by atoms with E-state index in [4.69, 9.17) is 16.3 Å². The van der Waals surface area contributed by atoms with Crippen LogP contribution in [0, 0.1) is 5.41 Å². The lowest BCUT2D eigenvalue weighted by molar-refractivity contribution is -0.146. The van der Waals surface area contributed by atoms with Crippen molar-refractivity contribution < 1.29 is 14.6 Å². The molecule has 0 radical (unpaired) electrons. The summed E-state index contributed by atoms with van der Waals surface area (Å²) in [5.74, 6) is -0.0696. The highest BCUT2D eigenvalue weighted by Gasteiger charge is 2.33. The van der Waals surface area contributed by atoms with Crippen LogP contribution in [0.3, 0.4) is 0 Å². The molecule has 38 heavy (non-hydrogen) atoms. The summed E-state index contributed by atoms with van der Waals surface area (Å²) in [6.45, 7) is 12.7. The highest BCUT2D eigenvalue weighted by molar-refractivity contribution is 8.00. The molecule has 4 rings (SSSR count). The number of aromatic nitrogens is 2. The summed E-state index contributed by atoms with van der Waals surface area (Å²) in [7, 11) is 0. The predicted octanol–water partition coefficient (Wildman–Crippen LogP) is 8.42. The number of carbonyl (C=O) groups is 1. The molecule has 7 heteroatoms. The van der Waals surface area contributed by atoms with E-state index in [-0.39, 0.29) is 10.9 Å². The number of aliphatic carboxylic acids is 1. The number of rotatable bonds is 9. The maximum absolute atomic E-state index is 12.2. The van der Waals surface area contributed by atoms with E-state index in [2.05, 4.69) is 42.5 Å². The molecular formula is C31H35ClN2O3S. The molecule has 4 aromatic rings. The van der Waals surface area contributed by atoms with Crippen molar-refractivity contribution in [2.24, 2.45) is 5.41 Å². The van der Waals surface area contributed by atoms with Gasteiger partial charge in [-0.15, -0.1) is 11.8 Å². The highest BCUT2D eigenvalue weighted by Crippen LogP contribution is 2.44. The number of benzene rings is 2. The largest absolute Gasteiger partial charge is 0.484 e. The van der Waals surface area contributed by atoms with Crippen molar-refractivity contribution in [3.8, 4) is 5.75 Å². The SMILES string of the molecule is C[C@@H](Oc1ccc2c(c1)c(SC(C)(C)C)c(CC(C)(C)C(=O)O)n2Cc1ccc(Cl)cc1)c1ccccn1. The van der Waals surface area contributed by atoms with E-state index in [9.17, 15) is 9.90 Å². The summed E-state index contributed by atoms with van der Waals surface area (Å²) in [6, 6.07) is 19.8. The lowest BCUT2D eigenvalue weighted by atomic mass is 9.88. The van der Waals surface area contributed by atoms with Gasteiger partial charge in [-0.1, -0.05) is 50.6 Å². The average Bonchev–Trinajstić information content (AvgIpc) is 3.10. The fourth-order valence-electron chi connectivity index (χ4n) is 4.35. The minimum atomic E-state index is -0.938. The first-order valence-corrected chi connectivity index (χ1v) is 13.9. The van der Waals surface area contributed by atoms with Crippen molar-refractivity contribution in [3.63, 3.8) is 0 Å². The second kappa shape index (κ2) is 11.0. The molecule has 0 unspecified atom stereocenters. The van der Waals surface area contributed by atoms with Gasteiger partial charge < -0.3 is 14.4 Å². The molecule has 0 bridgehead atoms. The molecule has 2 heterocycles. The van der Waals surface area contributed by atoms with Crippen LogP contribution >= 0.6 is 23.4 Å². The Kier molecular flexibility index (Phi) is 8.15. The van der Waals surface area contributed by atoms with E-state index in [1.54, 1.807) is 31.8 Å². The Morgan fingerprint density at radius 3 is 2.39 bits per heavy atom. The molecule has 2 aromatic carbocycles. The number of fused-ring (bicyclic) bond motifs is 1. The van der Waals surface area contributed by atoms with Crippen LogP contribution in [-0.2, 0) is 17.8 Å². The van der Waals surface area contributed by atoms with Gasteiger partial charge in [0.2, 0.25) is 0 Å². The van der Waals surface area contributed by atoms with Crippen molar-refractivity contribution in [1.82, 2.24) is 9.55 Å². The maximum Gasteiger partial charge on any atom is 0.309 e. The van der Waals surface area contributed by atoms with Crippen LogP contribution in [0.25, 0.3) is 10.9 Å². The van der Waals surface area contributed by atoms with Gasteiger partial charge in [0.05, 0.1) is 11.1 Å². The summed E-state index contributed by atoms with van der Waals surface area (Å²) >= 11 is 7.91. The van der Waals surface area contributed by atoms with Crippen LogP contribution in [0.2, 0.25) is 5.02 Å². The van der Waals surface area contributed by atoms with Gasteiger partial charge in [-0.25, -0.2) is 0 Å². The third kappa shape index (κ3) is 6.54. The van der Waals surface area contributed by atoms with Crippen LogP contribution in [0.15, 0.2) is 71.8 Å². The molecule has 0 saturated carbocycles. The third-order valence-electron chi connectivity index (χ3n) is 6.36. The fraction of sp³-hybridized carbons (Fsp3) is 0.355. The van der Waals surface area contributed by atoms with Gasteiger partial charge in [0.15, 0.2) is 0 Å². The van der Waals surface area contributed by atoms with Crippen molar-refractivity contribution in [2.45, 2.75) is 70.3 Å². The van der Waals surface area contributed by atoms with E-state index in [1.165, 1.54) is 0 Å². The fourth-order valence-corrected chi connectivity index (χ4v) is 5.67. The van der Waals surface area contributed by atoms with E-state index in [1.807, 2.05) is 55.5 Å². The quantitative estimate of drug-likeness (QED) is 0.212. The normalized spacial score (nSPS) is 13.0. The molecule has 0 spiro atoms. The molecule has 0 amide bonds. The Morgan fingerprint density at radius 2 is 1.79 bits per heavy atom. The number of thioether (sulfide) groups is 1. The molecule has 0 aliphatic heterocycles.